The molecule has 1 atom stereocenters. The molecule has 0 saturated carbocycles. The molecule has 2 aromatic rings. The van der Waals surface area contributed by atoms with Crippen molar-refractivity contribution in [2.24, 2.45) is 0 Å². The monoisotopic (exact) mass is 395 g/mol. The maximum Gasteiger partial charge on any atom is 0.218 e. The van der Waals surface area contributed by atoms with Crippen molar-refractivity contribution in [1.29, 1.82) is 5.26 Å². The Hall–Kier alpha value is -1.98. The summed E-state index contributed by atoms with van der Waals surface area (Å²) in [5.41, 5.74) is 1.62. The van der Waals surface area contributed by atoms with Gasteiger partial charge in [0.1, 0.15) is 5.82 Å². The first-order valence-electron chi connectivity index (χ1n) is 7.94. The molecule has 1 saturated heterocycles. The lowest BCUT2D eigenvalue weighted by Gasteiger charge is -2.35. The van der Waals surface area contributed by atoms with Crippen molar-refractivity contribution in [3.05, 3.63) is 71.0 Å². The average Bonchev–Trinajstić information content (AvgIpc) is 2.61. The van der Waals surface area contributed by atoms with E-state index in [4.69, 9.17) is 5.26 Å². The Bertz CT molecular complexity index is 915. The highest BCUT2D eigenvalue weighted by Gasteiger charge is 2.33. The fourth-order valence-electron chi connectivity index (χ4n) is 3.04. The number of nitrogens with one attached hydrogen (secondary N) is 1. The van der Waals surface area contributed by atoms with E-state index in [0.29, 0.717) is 36.3 Å². The Labute approximate surface area is 158 Å². The molecule has 0 amide bonds. The lowest BCUT2D eigenvalue weighted by molar-refractivity contribution is 0.270. The van der Waals surface area contributed by atoms with Crippen LogP contribution >= 0.6 is 12.4 Å². The van der Waals surface area contributed by atoms with Gasteiger partial charge in [-0.15, -0.1) is 12.4 Å². The lowest BCUT2D eigenvalue weighted by Crippen LogP contribution is -2.48. The standard InChI is InChI=1S/C18H18FN3O2S.ClH/c19-17-6-2-5-16(10-17)18-12-21-7-8-22(18)25(23,24)13-15-4-1-3-14(9-15)11-20;/h1-6,9-10,18,21H,7-8,12-13H2;1H. The quantitative estimate of drug-likeness (QED) is 0.863. The molecule has 1 aliphatic rings. The molecule has 0 radical (unpaired) electrons. The van der Waals surface area contributed by atoms with Gasteiger partial charge in [-0.3, -0.25) is 0 Å². The van der Waals surface area contributed by atoms with Gasteiger partial charge in [-0.2, -0.15) is 9.57 Å². The van der Waals surface area contributed by atoms with E-state index in [2.05, 4.69) is 5.32 Å². The van der Waals surface area contributed by atoms with E-state index in [9.17, 15) is 12.8 Å². The number of sulfonamides is 1. The van der Waals surface area contributed by atoms with Gasteiger partial charge >= 0.3 is 0 Å². The third-order valence-electron chi connectivity index (χ3n) is 4.19. The third-order valence-corrected chi connectivity index (χ3v) is 6.04. The second-order valence-electron chi connectivity index (χ2n) is 5.95. The van der Waals surface area contributed by atoms with Crippen LogP contribution in [-0.4, -0.2) is 32.4 Å². The van der Waals surface area contributed by atoms with Gasteiger partial charge in [0.25, 0.3) is 0 Å². The van der Waals surface area contributed by atoms with Gasteiger partial charge in [0.2, 0.25) is 10.0 Å². The van der Waals surface area contributed by atoms with Crippen LogP contribution in [0.25, 0.3) is 0 Å². The molecule has 1 N–H and O–H groups in total. The SMILES string of the molecule is Cl.N#Cc1cccc(CS(=O)(=O)N2CCNCC2c2cccc(F)c2)c1. The zero-order chi connectivity index (χ0) is 17.9. The first-order chi connectivity index (χ1) is 12.0. The molecular formula is C18H19ClFN3O2S. The maximum absolute atomic E-state index is 13.6. The fraction of sp³-hybridized carbons (Fsp3) is 0.278. The van der Waals surface area contributed by atoms with E-state index in [1.165, 1.54) is 16.4 Å². The van der Waals surface area contributed by atoms with Gasteiger partial charge in [-0.1, -0.05) is 24.3 Å². The highest BCUT2D eigenvalue weighted by Crippen LogP contribution is 2.27. The van der Waals surface area contributed by atoms with Crippen molar-refractivity contribution in [2.75, 3.05) is 19.6 Å². The number of nitrogens with zero attached hydrogens (tertiary/aromatic N) is 2. The number of nitriles is 1. The van der Waals surface area contributed by atoms with E-state index in [1.807, 2.05) is 6.07 Å². The van der Waals surface area contributed by atoms with Gasteiger partial charge < -0.3 is 5.32 Å². The van der Waals surface area contributed by atoms with Crippen molar-refractivity contribution in [1.82, 2.24) is 9.62 Å². The summed E-state index contributed by atoms with van der Waals surface area (Å²) < 4.78 is 40.9. The highest BCUT2D eigenvalue weighted by atomic mass is 35.5. The van der Waals surface area contributed by atoms with Gasteiger partial charge in [0.15, 0.2) is 0 Å². The molecule has 26 heavy (non-hydrogen) atoms. The summed E-state index contributed by atoms with van der Waals surface area (Å²) in [4.78, 5) is 0. The van der Waals surface area contributed by atoms with Crippen LogP contribution in [0.2, 0.25) is 0 Å². The number of piperazine rings is 1. The number of benzene rings is 2. The average molecular weight is 396 g/mol. The Morgan fingerprint density at radius 1 is 1.23 bits per heavy atom. The summed E-state index contributed by atoms with van der Waals surface area (Å²) in [7, 11) is -3.61. The second-order valence-corrected chi connectivity index (χ2v) is 7.88. The predicted molar refractivity (Wildman–Crippen MR) is 99.7 cm³/mol. The van der Waals surface area contributed by atoms with E-state index in [-0.39, 0.29) is 24.0 Å². The van der Waals surface area contributed by atoms with Crippen LogP contribution in [0.5, 0.6) is 0 Å². The topological polar surface area (TPSA) is 73.2 Å². The predicted octanol–water partition coefficient (Wildman–Crippen LogP) is 2.60. The van der Waals surface area contributed by atoms with Crippen molar-refractivity contribution < 1.29 is 12.8 Å². The van der Waals surface area contributed by atoms with Crippen LogP contribution in [0.3, 0.4) is 0 Å². The minimum Gasteiger partial charge on any atom is -0.313 e. The molecule has 0 bridgehead atoms. The maximum atomic E-state index is 13.6. The number of hydrogen-bond donors (Lipinski definition) is 1. The van der Waals surface area contributed by atoms with Gasteiger partial charge in [0.05, 0.1) is 23.4 Å². The molecule has 0 aromatic heterocycles. The fourth-order valence-corrected chi connectivity index (χ4v) is 4.76. The van der Waals surface area contributed by atoms with Gasteiger partial charge in [-0.05, 0) is 35.4 Å². The van der Waals surface area contributed by atoms with Crippen molar-refractivity contribution in [3.8, 4) is 6.07 Å². The highest BCUT2D eigenvalue weighted by molar-refractivity contribution is 7.88. The van der Waals surface area contributed by atoms with Crippen molar-refractivity contribution >= 4 is 22.4 Å². The van der Waals surface area contributed by atoms with E-state index in [0.717, 1.165) is 0 Å². The van der Waals surface area contributed by atoms with Crippen LogP contribution in [0, 0.1) is 17.1 Å². The van der Waals surface area contributed by atoms with Crippen LogP contribution < -0.4 is 5.32 Å². The Kier molecular flexibility index (Phi) is 6.73. The normalized spacial score (nSPS) is 17.9. The number of hydrogen-bond acceptors (Lipinski definition) is 4. The smallest absolute Gasteiger partial charge is 0.218 e. The summed E-state index contributed by atoms with van der Waals surface area (Å²) >= 11 is 0. The molecule has 1 fully saturated rings. The van der Waals surface area contributed by atoms with Gasteiger partial charge in [-0.25, -0.2) is 12.8 Å². The summed E-state index contributed by atoms with van der Waals surface area (Å²) in [6.07, 6.45) is 0. The van der Waals surface area contributed by atoms with E-state index in [1.54, 1.807) is 36.4 Å². The van der Waals surface area contributed by atoms with Crippen molar-refractivity contribution in [3.63, 3.8) is 0 Å². The van der Waals surface area contributed by atoms with Crippen LogP contribution in [0.1, 0.15) is 22.7 Å². The van der Waals surface area contributed by atoms with Crippen molar-refractivity contribution in [2.45, 2.75) is 11.8 Å². The van der Waals surface area contributed by atoms with Gasteiger partial charge in [0, 0.05) is 19.6 Å². The molecule has 2 aromatic carbocycles. The summed E-state index contributed by atoms with van der Waals surface area (Å²) in [6, 6.07) is 14.2. The molecule has 1 heterocycles. The minimum absolute atomic E-state index is 0. The molecule has 8 heteroatoms. The summed E-state index contributed by atoms with van der Waals surface area (Å²) in [5, 5.41) is 12.1. The van der Waals surface area contributed by atoms with E-state index < -0.39 is 16.1 Å². The lowest BCUT2D eigenvalue weighted by atomic mass is 10.1. The Morgan fingerprint density at radius 2 is 2.00 bits per heavy atom. The van der Waals surface area contributed by atoms with Crippen LogP contribution in [0.15, 0.2) is 48.5 Å². The van der Waals surface area contributed by atoms with Crippen LogP contribution in [-0.2, 0) is 15.8 Å². The molecule has 0 aliphatic carbocycles. The Balaban J connectivity index is 0.00000243. The molecule has 1 unspecified atom stereocenters. The molecule has 3 rings (SSSR count). The Morgan fingerprint density at radius 3 is 2.73 bits per heavy atom. The molecular weight excluding hydrogens is 377 g/mol. The molecule has 138 valence electrons. The number of halogens is 2. The second kappa shape index (κ2) is 8.60. The first-order valence-corrected chi connectivity index (χ1v) is 9.55. The largest absolute Gasteiger partial charge is 0.313 e. The zero-order valence-electron chi connectivity index (χ0n) is 13.9. The molecule has 5 nitrogen and oxygen atoms in total. The first kappa shape index (κ1) is 20.3. The molecule has 0 spiro atoms. The minimum atomic E-state index is -3.61. The summed E-state index contributed by atoms with van der Waals surface area (Å²) in [5.74, 6) is -0.573. The third kappa shape index (κ3) is 4.59. The van der Waals surface area contributed by atoms with Crippen LogP contribution in [0.4, 0.5) is 4.39 Å². The zero-order valence-corrected chi connectivity index (χ0v) is 15.6. The summed E-state index contributed by atoms with van der Waals surface area (Å²) in [6.45, 7) is 1.30. The number of rotatable bonds is 4. The molecule has 1 aliphatic heterocycles. The van der Waals surface area contributed by atoms with E-state index >= 15 is 0 Å².